The van der Waals surface area contributed by atoms with Crippen LogP contribution in [0, 0.1) is 0 Å². The zero-order valence-corrected chi connectivity index (χ0v) is 41.2. The number of hydrogen-bond acceptors (Lipinski definition) is 11. The van der Waals surface area contributed by atoms with Crippen molar-refractivity contribution in [2.45, 2.75) is 49.0 Å². The standard InChI is InChI=1S/C24H33N2O4S.C20H24N2O4.C4H9ClS.CH4/c1-6-29-19-11-9-17-21-18(10-12-20(22(19)21)30-7-2)24(28)25(23(17)27)13-14-26(4,5)15-16-31-8-3;1-5-25-15-9-7-13-17-14(8-10-16(18(15)17)26-6-2)20(24)22(19(13)23)12-11-21(3)4;1-2-6-4-3-5;/h9-12H,6-8,13-16H2,1-5H3;7-10H,5-6,11-12H2,1-4H3;2-4H2,1H3;1H4/q+1;;;. The van der Waals surface area contributed by atoms with Gasteiger partial charge in [-0.2, -0.15) is 23.5 Å². The Balaban J connectivity index is 0.000000301. The fourth-order valence-corrected chi connectivity index (χ4v) is 8.93. The molecule has 0 spiro atoms. The van der Waals surface area contributed by atoms with Crippen LogP contribution >= 0.6 is 35.1 Å². The molecule has 0 radical (unpaired) electrons. The number of imide groups is 2. The van der Waals surface area contributed by atoms with Gasteiger partial charge in [-0.1, -0.05) is 21.3 Å². The molecule has 4 amide bonds. The lowest BCUT2D eigenvalue weighted by Gasteiger charge is -2.33. The molecule has 0 N–H and O–H groups in total. The van der Waals surface area contributed by atoms with E-state index >= 15 is 0 Å². The van der Waals surface area contributed by atoms with Crippen LogP contribution in [0.5, 0.6) is 23.0 Å². The molecule has 352 valence electrons. The summed E-state index contributed by atoms with van der Waals surface area (Å²) in [5.74, 6) is 6.70. The van der Waals surface area contributed by atoms with Gasteiger partial charge in [-0.25, -0.2) is 0 Å². The fourth-order valence-electron chi connectivity index (χ4n) is 7.29. The summed E-state index contributed by atoms with van der Waals surface area (Å²) in [5, 5.41) is 2.65. The maximum Gasteiger partial charge on any atom is 0.261 e. The highest BCUT2D eigenvalue weighted by Crippen LogP contribution is 2.42. The van der Waals surface area contributed by atoms with Crippen molar-refractivity contribution in [3.63, 3.8) is 0 Å². The molecule has 0 saturated carbocycles. The second kappa shape index (κ2) is 26.1. The molecule has 12 nitrogen and oxygen atoms in total. The van der Waals surface area contributed by atoms with Crippen molar-refractivity contribution in [2.75, 3.05) is 116 Å². The van der Waals surface area contributed by atoms with Crippen molar-refractivity contribution in [2.24, 2.45) is 0 Å². The van der Waals surface area contributed by atoms with Crippen LogP contribution in [0.15, 0.2) is 48.5 Å². The Kier molecular flexibility index (Phi) is 22.0. The number of halogens is 1. The lowest BCUT2D eigenvalue weighted by molar-refractivity contribution is -0.887. The summed E-state index contributed by atoms with van der Waals surface area (Å²) in [7, 11) is 8.12. The summed E-state index contributed by atoms with van der Waals surface area (Å²) in [4.78, 5) is 57.3. The van der Waals surface area contributed by atoms with Crippen LogP contribution in [0.4, 0.5) is 0 Å². The van der Waals surface area contributed by atoms with Crippen LogP contribution in [0.3, 0.4) is 0 Å². The molecule has 0 unspecified atom stereocenters. The first kappa shape index (κ1) is 54.1. The fraction of sp³-hybridized carbons (Fsp3) is 0.510. The zero-order chi connectivity index (χ0) is 46.3. The molecule has 15 heteroatoms. The number of benzene rings is 4. The SMILES string of the molecule is C.CCOc1ccc2c3c(ccc(OCC)c13)C(=O)N(CCN(C)C)C2=O.CCOc1ccc2c3c(ccc(OCC)c13)C(=O)N(CC[N+](C)(C)CCSCC)C2=O.CCSCCCl. The highest BCUT2D eigenvalue weighted by atomic mass is 35.5. The van der Waals surface area contributed by atoms with Crippen molar-refractivity contribution < 1.29 is 42.6 Å². The van der Waals surface area contributed by atoms with Gasteiger partial charge in [-0.15, -0.1) is 11.6 Å². The summed E-state index contributed by atoms with van der Waals surface area (Å²) >= 11 is 9.14. The van der Waals surface area contributed by atoms with E-state index in [1.165, 1.54) is 15.6 Å². The topological polar surface area (TPSA) is 115 Å². The maximum atomic E-state index is 13.3. The summed E-state index contributed by atoms with van der Waals surface area (Å²) in [6, 6.07) is 14.2. The highest BCUT2D eigenvalue weighted by Gasteiger charge is 2.37. The third-order valence-corrected chi connectivity index (χ3v) is 12.6. The van der Waals surface area contributed by atoms with Crippen molar-refractivity contribution in [3.05, 3.63) is 70.8 Å². The number of amides is 4. The number of carbonyl (C=O) groups excluding carboxylic acids is 4. The molecule has 0 saturated heterocycles. The monoisotopic (exact) mass is 941 g/mol. The highest BCUT2D eigenvalue weighted by molar-refractivity contribution is 7.99. The second-order valence-corrected chi connectivity index (χ2v) is 18.6. The first-order valence-corrected chi connectivity index (χ1v) is 24.7. The molecule has 2 aliphatic heterocycles. The number of rotatable bonds is 21. The average molecular weight is 943 g/mol. The molecular formula is C49H70ClN4O8S2+. The van der Waals surface area contributed by atoms with Crippen molar-refractivity contribution >= 4 is 80.3 Å². The normalized spacial score (nSPS) is 13.1. The smallest absolute Gasteiger partial charge is 0.261 e. The van der Waals surface area contributed by atoms with E-state index in [1.54, 1.807) is 48.5 Å². The second-order valence-electron chi connectivity index (χ2n) is 15.5. The molecule has 0 aromatic heterocycles. The summed E-state index contributed by atoms with van der Waals surface area (Å²) in [5.41, 5.74) is 2.08. The van der Waals surface area contributed by atoms with E-state index in [2.05, 4.69) is 27.9 Å². The van der Waals surface area contributed by atoms with Gasteiger partial charge in [-0.3, -0.25) is 29.0 Å². The average Bonchev–Trinajstić information content (AvgIpc) is 3.25. The number of hydrogen-bond donors (Lipinski definition) is 0. The Labute approximate surface area is 394 Å². The molecule has 4 aromatic carbocycles. The number of alkyl halides is 1. The third-order valence-electron chi connectivity index (χ3n) is 10.4. The molecule has 0 aliphatic carbocycles. The van der Waals surface area contributed by atoms with Gasteiger partial charge in [-0.05, 0) is 102 Å². The molecule has 0 fully saturated rings. The zero-order valence-electron chi connectivity index (χ0n) is 38.8. The number of carbonyl (C=O) groups is 4. The lowest BCUT2D eigenvalue weighted by atomic mass is 9.92. The summed E-state index contributed by atoms with van der Waals surface area (Å²) < 4.78 is 23.8. The molecule has 2 aliphatic rings. The Bertz CT molecular complexity index is 2090. The number of quaternary nitrogens is 1. The van der Waals surface area contributed by atoms with Crippen molar-refractivity contribution in [1.29, 1.82) is 0 Å². The number of thioether (sulfide) groups is 2. The van der Waals surface area contributed by atoms with E-state index in [-0.39, 0.29) is 31.1 Å². The van der Waals surface area contributed by atoms with Gasteiger partial charge < -0.3 is 28.3 Å². The van der Waals surface area contributed by atoms with Gasteiger partial charge in [0, 0.05) is 63.5 Å². The van der Waals surface area contributed by atoms with E-state index in [0.717, 1.165) is 34.2 Å². The quantitative estimate of drug-likeness (QED) is 0.0345. The number of ether oxygens (including phenoxy) is 4. The largest absolute Gasteiger partial charge is 0.493 e. The molecule has 0 bridgehead atoms. The lowest BCUT2D eigenvalue weighted by Crippen LogP contribution is -2.50. The van der Waals surface area contributed by atoms with Gasteiger partial charge in [0.1, 0.15) is 23.0 Å². The molecule has 6 rings (SSSR count). The van der Waals surface area contributed by atoms with Gasteiger partial charge in [0.05, 0.1) is 70.9 Å². The molecular weight excluding hydrogens is 872 g/mol. The van der Waals surface area contributed by atoms with Crippen LogP contribution in [0.1, 0.15) is 90.4 Å². The van der Waals surface area contributed by atoms with Gasteiger partial charge in [0.15, 0.2) is 0 Å². The van der Waals surface area contributed by atoms with Crippen LogP contribution in [-0.4, -0.2) is 159 Å². The van der Waals surface area contributed by atoms with E-state index in [1.807, 2.05) is 70.2 Å². The predicted molar refractivity (Wildman–Crippen MR) is 267 cm³/mol. The summed E-state index contributed by atoms with van der Waals surface area (Å²) in [6.07, 6.45) is 0. The van der Waals surface area contributed by atoms with E-state index in [9.17, 15) is 19.2 Å². The van der Waals surface area contributed by atoms with Gasteiger partial charge >= 0.3 is 0 Å². The van der Waals surface area contributed by atoms with E-state index < -0.39 is 0 Å². The molecule has 4 aromatic rings. The van der Waals surface area contributed by atoms with Gasteiger partial charge in [0.25, 0.3) is 23.6 Å². The minimum Gasteiger partial charge on any atom is -0.493 e. The molecule has 2 heterocycles. The Morgan fingerprint density at radius 1 is 0.531 bits per heavy atom. The summed E-state index contributed by atoms with van der Waals surface area (Å²) in [6.45, 7) is 16.9. The first-order chi connectivity index (χ1) is 30.2. The first-order valence-electron chi connectivity index (χ1n) is 21.9. The molecule has 64 heavy (non-hydrogen) atoms. The van der Waals surface area contributed by atoms with E-state index in [4.69, 9.17) is 30.5 Å². The van der Waals surface area contributed by atoms with Crippen molar-refractivity contribution in [1.82, 2.24) is 14.7 Å². The number of likely N-dealkylation sites (N-methyl/N-ethyl adjacent to an activating group) is 2. The third kappa shape index (κ3) is 13.0. The Hall–Kier alpha value is -4.21. The Morgan fingerprint density at radius 2 is 0.875 bits per heavy atom. The van der Waals surface area contributed by atoms with Gasteiger partial charge in [0.2, 0.25) is 0 Å². The maximum absolute atomic E-state index is 13.3. The molecule has 0 atom stereocenters. The minimum absolute atomic E-state index is 0. The van der Waals surface area contributed by atoms with Crippen molar-refractivity contribution in [3.8, 4) is 23.0 Å². The minimum atomic E-state index is -0.272. The van der Waals surface area contributed by atoms with Crippen LogP contribution in [-0.2, 0) is 0 Å². The van der Waals surface area contributed by atoms with Crippen LogP contribution in [0.25, 0.3) is 21.5 Å². The number of nitrogens with zero attached hydrogens (tertiary/aromatic N) is 4. The van der Waals surface area contributed by atoms with Crippen LogP contribution in [0.2, 0.25) is 0 Å². The Morgan fingerprint density at radius 3 is 1.17 bits per heavy atom. The van der Waals surface area contributed by atoms with Crippen LogP contribution < -0.4 is 18.9 Å². The van der Waals surface area contributed by atoms with E-state index in [0.29, 0.717) is 119 Å². The predicted octanol–water partition coefficient (Wildman–Crippen LogP) is 9.47.